The molecule has 1 unspecified atom stereocenters. The maximum Gasteiger partial charge on any atom is 0.349 e. The molecule has 3 aromatic carbocycles. The number of fused-ring (bicyclic) bond motifs is 1. The highest BCUT2D eigenvalue weighted by atomic mass is 35.5. The topological polar surface area (TPSA) is 104 Å². The third-order valence-corrected chi connectivity index (χ3v) is 6.29. The van der Waals surface area contributed by atoms with Crippen LogP contribution in [0.1, 0.15) is 42.4 Å². The predicted octanol–water partition coefficient (Wildman–Crippen LogP) is 6.03. The second kappa shape index (κ2) is 11.7. The van der Waals surface area contributed by atoms with E-state index in [1.54, 1.807) is 36.4 Å². The van der Waals surface area contributed by atoms with Crippen LogP contribution in [0.2, 0.25) is 5.02 Å². The lowest BCUT2D eigenvalue weighted by Gasteiger charge is -2.27. The van der Waals surface area contributed by atoms with Gasteiger partial charge >= 0.3 is 5.97 Å². The van der Waals surface area contributed by atoms with Gasteiger partial charge in [0.25, 0.3) is 0 Å². The average molecular weight is 519 g/mol. The van der Waals surface area contributed by atoms with Crippen LogP contribution in [-0.2, 0) is 4.79 Å². The van der Waals surface area contributed by atoms with Crippen LogP contribution in [0, 0.1) is 18.3 Å². The molecule has 0 bridgehead atoms. The Balaban J connectivity index is 1.52. The molecule has 3 aromatic rings. The zero-order chi connectivity index (χ0) is 26.4. The molecule has 8 heteroatoms. The van der Waals surface area contributed by atoms with Gasteiger partial charge in [-0.15, -0.1) is 0 Å². The number of ether oxygens (including phenoxy) is 4. The fourth-order valence-corrected chi connectivity index (χ4v) is 4.09. The lowest BCUT2D eigenvalue weighted by Crippen LogP contribution is -2.21. The van der Waals surface area contributed by atoms with Crippen LogP contribution in [-0.4, -0.2) is 19.2 Å². The van der Waals surface area contributed by atoms with Gasteiger partial charge in [0.2, 0.25) is 5.88 Å². The molecule has 0 spiro atoms. The number of esters is 1. The maximum absolute atomic E-state index is 12.4. The Morgan fingerprint density at radius 3 is 2.62 bits per heavy atom. The molecule has 190 valence electrons. The van der Waals surface area contributed by atoms with Crippen molar-refractivity contribution in [2.24, 2.45) is 5.73 Å². The van der Waals surface area contributed by atoms with Crippen LogP contribution in [0.4, 0.5) is 0 Å². The summed E-state index contributed by atoms with van der Waals surface area (Å²) in [4.78, 5) is 12.4. The first-order chi connectivity index (χ1) is 17.9. The van der Waals surface area contributed by atoms with E-state index in [0.29, 0.717) is 28.7 Å². The fourth-order valence-electron chi connectivity index (χ4n) is 3.97. The molecule has 0 aromatic heterocycles. The van der Waals surface area contributed by atoms with Crippen molar-refractivity contribution in [2.75, 3.05) is 13.2 Å². The second-order valence-corrected chi connectivity index (χ2v) is 8.98. The third-order valence-electron chi connectivity index (χ3n) is 5.87. The van der Waals surface area contributed by atoms with E-state index >= 15 is 0 Å². The zero-order valence-corrected chi connectivity index (χ0v) is 21.4. The van der Waals surface area contributed by atoms with Gasteiger partial charge in [-0.2, -0.15) is 5.26 Å². The molecular weight excluding hydrogens is 492 g/mol. The standard InChI is InChI=1S/C29H27ClN2O5/c1-3-4-12-34-20-7-5-6-19(14-20)28-23-10-8-22(15-26(23)37-29(32)24(28)16-31)36-27(33)17-35-21-9-11-25(30)18(2)13-21/h5-11,13-15,28H,3-4,12,17,32H2,1-2H3. The minimum atomic E-state index is -0.585. The van der Waals surface area contributed by atoms with Gasteiger partial charge < -0.3 is 24.7 Å². The van der Waals surface area contributed by atoms with E-state index in [2.05, 4.69) is 13.0 Å². The van der Waals surface area contributed by atoms with E-state index in [0.717, 1.165) is 35.3 Å². The summed E-state index contributed by atoms with van der Waals surface area (Å²) in [6.45, 7) is 4.28. The van der Waals surface area contributed by atoms with E-state index in [1.807, 2.05) is 31.2 Å². The lowest BCUT2D eigenvalue weighted by atomic mass is 9.83. The molecule has 1 atom stereocenters. The number of benzene rings is 3. The van der Waals surface area contributed by atoms with Crippen molar-refractivity contribution in [2.45, 2.75) is 32.6 Å². The molecule has 7 nitrogen and oxygen atoms in total. The monoisotopic (exact) mass is 518 g/mol. The van der Waals surface area contributed by atoms with E-state index in [-0.39, 0.29) is 18.2 Å². The molecule has 0 amide bonds. The summed E-state index contributed by atoms with van der Waals surface area (Å²) in [5, 5.41) is 10.4. The zero-order valence-electron chi connectivity index (χ0n) is 20.6. The number of halogens is 1. The van der Waals surface area contributed by atoms with Gasteiger partial charge in [0.1, 0.15) is 34.6 Å². The minimum absolute atomic E-state index is 0.00206. The summed E-state index contributed by atoms with van der Waals surface area (Å²) in [5.74, 6) is 0.862. The second-order valence-electron chi connectivity index (χ2n) is 8.57. The number of rotatable bonds is 9. The van der Waals surface area contributed by atoms with Crippen molar-refractivity contribution in [3.63, 3.8) is 0 Å². The molecule has 0 aliphatic carbocycles. The molecule has 1 aliphatic rings. The van der Waals surface area contributed by atoms with Crippen molar-refractivity contribution in [3.05, 3.63) is 93.8 Å². The number of nitrogens with two attached hydrogens (primary N) is 1. The molecule has 0 saturated heterocycles. The van der Waals surface area contributed by atoms with Gasteiger partial charge in [-0.25, -0.2) is 4.79 Å². The van der Waals surface area contributed by atoms with Crippen LogP contribution < -0.4 is 24.7 Å². The highest BCUT2D eigenvalue weighted by molar-refractivity contribution is 6.31. The summed E-state index contributed by atoms with van der Waals surface area (Å²) in [6, 6.07) is 19.9. The summed E-state index contributed by atoms with van der Waals surface area (Å²) in [5.41, 5.74) is 8.83. The molecule has 0 radical (unpaired) electrons. The minimum Gasteiger partial charge on any atom is -0.494 e. The normalized spacial score (nSPS) is 14.3. The molecule has 0 fully saturated rings. The smallest absolute Gasteiger partial charge is 0.349 e. The number of allylic oxidation sites excluding steroid dienone is 1. The van der Waals surface area contributed by atoms with Gasteiger partial charge in [-0.05, 0) is 60.9 Å². The number of nitrogens with zero attached hydrogens (tertiary/aromatic N) is 1. The molecule has 0 saturated carbocycles. The Morgan fingerprint density at radius 2 is 1.86 bits per heavy atom. The lowest BCUT2D eigenvalue weighted by molar-refractivity contribution is -0.136. The van der Waals surface area contributed by atoms with Crippen LogP contribution in [0.3, 0.4) is 0 Å². The van der Waals surface area contributed by atoms with Crippen LogP contribution in [0.25, 0.3) is 0 Å². The number of carbonyl (C=O) groups is 1. The van der Waals surface area contributed by atoms with Gasteiger partial charge in [0, 0.05) is 16.7 Å². The van der Waals surface area contributed by atoms with Gasteiger partial charge in [-0.1, -0.05) is 43.1 Å². The van der Waals surface area contributed by atoms with Crippen LogP contribution in [0.15, 0.2) is 72.1 Å². The number of unbranched alkanes of at least 4 members (excludes halogenated alkanes) is 1. The number of carbonyl (C=O) groups excluding carboxylic acids is 1. The van der Waals surface area contributed by atoms with Gasteiger partial charge in [0.05, 0.1) is 12.5 Å². The Bertz CT molecular complexity index is 1380. The summed E-state index contributed by atoms with van der Waals surface area (Å²) < 4.78 is 22.6. The Morgan fingerprint density at radius 1 is 1.08 bits per heavy atom. The third kappa shape index (κ3) is 6.16. The van der Waals surface area contributed by atoms with Crippen molar-refractivity contribution >= 4 is 17.6 Å². The first-order valence-electron chi connectivity index (χ1n) is 11.9. The molecule has 37 heavy (non-hydrogen) atoms. The summed E-state index contributed by atoms with van der Waals surface area (Å²) >= 11 is 6.02. The number of hydrogen-bond donors (Lipinski definition) is 1. The van der Waals surface area contributed by atoms with Crippen molar-refractivity contribution in [1.29, 1.82) is 5.26 Å². The van der Waals surface area contributed by atoms with Gasteiger partial charge in [0.15, 0.2) is 6.61 Å². The van der Waals surface area contributed by atoms with Crippen LogP contribution in [0.5, 0.6) is 23.0 Å². The van der Waals surface area contributed by atoms with Gasteiger partial charge in [-0.3, -0.25) is 0 Å². The number of aryl methyl sites for hydroxylation is 1. The molecular formula is C29H27ClN2O5. The molecule has 1 aliphatic heterocycles. The Hall–Kier alpha value is -4.15. The first-order valence-corrected chi connectivity index (χ1v) is 12.3. The summed E-state index contributed by atoms with van der Waals surface area (Å²) in [7, 11) is 0. The first kappa shape index (κ1) is 25.9. The van der Waals surface area contributed by atoms with Crippen LogP contribution >= 0.6 is 11.6 Å². The largest absolute Gasteiger partial charge is 0.494 e. The van der Waals surface area contributed by atoms with Crippen molar-refractivity contribution in [1.82, 2.24) is 0 Å². The fraction of sp³-hybridized carbons (Fsp3) is 0.241. The molecule has 2 N–H and O–H groups in total. The highest BCUT2D eigenvalue weighted by Gasteiger charge is 2.31. The van der Waals surface area contributed by atoms with E-state index in [9.17, 15) is 10.1 Å². The maximum atomic E-state index is 12.4. The Labute approximate surface area is 221 Å². The van der Waals surface area contributed by atoms with E-state index in [4.69, 9.17) is 36.3 Å². The number of nitriles is 1. The number of hydrogen-bond acceptors (Lipinski definition) is 7. The molecule has 1 heterocycles. The van der Waals surface area contributed by atoms with Crippen molar-refractivity contribution in [3.8, 4) is 29.1 Å². The predicted molar refractivity (Wildman–Crippen MR) is 140 cm³/mol. The molecule has 4 rings (SSSR count). The van der Waals surface area contributed by atoms with Crippen molar-refractivity contribution < 1.29 is 23.7 Å². The summed E-state index contributed by atoms with van der Waals surface area (Å²) in [6.07, 6.45) is 1.98. The highest BCUT2D eigenvalue weighted by Crippen LogP contribution is 2.44. The van der Waals surface area contributed by atoms with E-state index < -0.39 is 11.9 Å². The van der Waals surface area contributed by atoms with E-state index in [1.165, 1.54) is 0 Å². The SMILES string of the molecule is CCCCOc1cccc(C2C(C#N)=C(N)Oc3cc(OC(=O)COc4ccc(Cl)c(C)c4)ccc32)c1. The average Bonchev–Trinajstić information content (AvgIpc) is 2.89. The Kier molecular flexibility index (Phi) is 8.22. The quantitative estimate of drug-likeness (QED) is 0.209.